The Morgan fingerprint density at radius 3 is 2.58 bits per heavy atom. The molecule has 0 radical (unpaired) electrons. The first-order valence-corrected chi connectivity index (χ1v) is 8.47. The third-order valence-corrected chi connectivity index (χ3v) is 4.84. The Hall–Kier alpha value is -2.47. The second kappa shape index (κ2) is 6.36. The number of fused-ring (bicyclic) bond motifs is 1. The summed E-state index contributed by atoms with van der Waals surface area (Å²) >= 11 is 6.24. The lowest BCUT2D eigenvalue weighted by Crippen LogP contribution is -2.29. The van der Waals surface area contributed by atoms with Crippen molar-refractivity contribution in [2.45, 2.75) is 12.6 Å². The summed E-state index contributed by atoms with van der Waals surface area (Å²) < 4.78 is 45.2. The van der Waals surface area contributed by atoms with Gasteiger partial charge >= 0.3 is 6.18 Å². The van der Waals surface area contributed by atoms with E-state index in [1.807, 2.05) is 30.3 Å². The van der Waals surface area contributed by atoms with E-state index in [1.54, 1.807) is 4.90 Å². The minimum Gasteiger partial charge on any atom is -0.354 e. The standard InChI is InChI=1S/C19H14ClF3N2O/c20-15-6-2-1-4-13(15)12-8-10-25(11-9-12)18-17-14(19(21,22)23)5-3-7-16(17)26-24-18/h1-8H,9-11H2. The van der Waals surface area contributed by atoms with Crippen molar-refractivity contribution in [1.82, 2.24) is 5.16 Å². The van der Waals surface area contributed by atoms with Crippen molar-refractivity contribution in [3.8, 4) is 0 Å². The molecule has 26 heavy (non-hydrogen) atoms. The van der Waals surface area contributed by atoms with Crippen molar-refractivity contribution < 1.29 is 17.7 Å². The third kappa shape index (κ3) is 2.94. The number of halogens is 4. The zero-order valence-electron chi connectivity index (χ0n) is 13.6. The van der Waals surface area contributed by atoms with Crippen molar-refractivity contribution in [1.29, 1.82) is 0 Å². The molecule has 1 aromatic heterocycles. The van der Waals surface area contributed by atoms with Gasteiger partial charge in [-0.25, -0.2) is 0 Å². The van der Waals surface area contributed by atoms with Crippen molar-refractivity contribution in [2.24, 2.45) is 0 Å². The molecular weight excluding hydrogens is 365 g/mol. The number of aromatic nitrogens is 1. The van der Waals surface area contributed by atoms with Gasteiger partial charge < -0.3 is 9.42 Å². The predicted molar refractivity (Wildman–Crippen MR) is 95.3 cm³/mol. The molecule has 0 saturated carbocycles. The molecule has 0 unspecified atom stereocenters. The van der Waals surface area contributed by atoms with Crippen molar-refractivity contribution in [3.63, 3.8) is 0 Å². The molecule has 0 atom stereocenters. The number of nitrogens with zero attached hydrogens (tertiary/aromatic N) is 2. The fraction of sp³-hybridized carbons (Fsp3) is 0.211. The number of hydrogen-bond donors (Lipinski definition) is 0. The fourth-order valence-corrected chi connectivity index (χ4v) is 3.51. The summed E-state index contributed by atoms with van der Waals surface area (Å²) in [5, 5.41) is 4.58. The van der Waals surface area contributed by atoms with E-state index < -0.39 is 11.7 Å². The van der Waals surface area contributed by atoms with Gasteiger partial charge in [0, 0.05) is 18.1 Å². The normalized spacial score (nSPS) is 15.4. The molecule has 0 aliphatic carbocycles. The van der Waals surface area contributed by atoms with Gasteiger partial charge in [0.25, 0.3) is 0 Å². The molecule has 0 N–H and O–H groups in total. The van der Waals surface area contributed by atoms with E-state index in [1.165, 1.54) is 12.1 Å². The summed E-state index contributed by atoms with van der Waals surface area (Å²) in [4.78, 5) is 1.79. The Labute approximate surface area is 152 Å². The lowest BCUT2D eigenvalue weighted by atomic mass is 9.99. The van der Waals surface area contributed by atoms with Crippen LogP contribution in [0.15, 0.2) is 53.1 Å². The molecule has 7 heteroatoms. The zero-order valence-corrected chi connectivity index (χ0v) is 14.3. The second-order valence-corrected chi connectivity index (χ2v) is 6.50. The highest BCUT2D eigenvalue weighted by Gasteiger charge is 2.35. The molecule has 1 aliphatic heterocycles. The first-order chi connectivity index (χ1) is 12.4. The number of benzene rings is 2. The van der Waals surface area contributed by atoms with E-state index in [0.717, 1.165) is 17.2 Å². The molecule has 0 saturated heterocycles. The topological polar surface area (TPSA) is 29.3 Å². The molecular formula is C19H14ClF3N2O. The van der Waals surface area contributed by atoms with Gasteiger partial charge in [-0.2, -0.15) is 13.2 Å². The number of rotatable bonds is 2. The van der Waals surface area contributed by atoms with Crippen LogP contribution < -0.4 is 4.90 Å². The maximum Gasteiger partial charge on any atom is 0.417 e. The quantitative estimate of drug-likeness (QED) is 0.565. The Kier molecular flexibility index (Phi) is 4.15. The first kappa shape index (κ1) is 17.0. The van der Waals surface area contributed by atoms with Crippen molar-refractivity contribution >= 4 is 34.0 Å². The van der Waals surface area contributed by atoms with Gasteiger partial charge in [-0.1, -0.05) is 47.1 Å². The number of hydrogen-bond acceptors (Lipinski definition) is 3. The van der Waals surface area contributed by atoms with Crippen LogP contribution in [0.25, 0.3) is 16.5 Å². The molecule has 134 valence electrons. The van der Waals surface area contributed by atoms with Gasteiger partial charge in [0.15, 0.2) is 11.4 Å². The van der Waals surface area contributed by atoms with Gasteiger partial charge in [-0.15, -0.1) is 0 Å². The van der Waals surface area contributed by atoms with E-state index >= 15 is 0 Å². The molecule has 2 heterocycles. The van der Waals surface area contributed by atoms with Crippen LogP contribution >= 0.6 is 11.6 Å². The highest BCUT2D eigenvalue weighted by molar-refractivity contribution is 6.32. The van der Waals surface area contributed by atoms with Crippen LogP contribution in [0.1, 0.15) is 17.5 Å². The summed E-state index contributed by atoms with van der Waals surface area (Å²) in [5.41, 5.74) is 1.44. The third-order valence-electron chi connectivity index (χ3n) is 4.51. The summed E-state index contributed by atoms with van der Waals surface area (Å²) in [6.07, 6.45) is -1.83. The van der Waals surface area contributed by atoms with E-state index in [2.05, 4.69) is 5.16 Å². The average Bonchev–Trinajstić information content (AvgIpc) is 3.05. The minimum absolute atomic E-state index is 0.00888. The molecule has 0 fully saturated rings. The summed E-state index contributed by atoms with van der Waals surface area (Å²) in [7, 11) is 0. The Morgan fingerprint density at radius 1 is 1.08 bits per heavy atom. The SMILES string of the molecule is FC(F)(F)c1cccc2onc(N3CC=C(c4ccccc4Cl)CC3)c12. The molecule has 0 bridgehead atoms. The van der Waals surface area contributed by atoms with Crippen LogP contribution in [0.2, 0.25) is 5.02 Å². The monoisotopic (exact) mass is 378 g/mol. The first-order valence-electron chi connectivity index (χ1n) is 8.09. The van der Waals surface area contributed by atoms with Crippen LogP contribution in [0.3, 0.4) is 0 Å². The number of alkyl halides is 3. The zero-order chi connectivity index (χ0) is 18.3. The van der Waals surface area contributed by atoms with Gasteiger partial charge in [0.05, 0.1) is 10.9 Å². The molecule has 4 rings (SSSR count). The molecule has 0 spiro atoms. The van der Waals surface area contributed by atoms with Gasteiger partial charge in [-0.3, -0.25) is 0 Å². The molecule has 3 nitrogen and oxygen atoms in total. The Balaban J connectivity index is 1.69. The van der Waals surface area contributed by atoms with Crippen molar-refractivity contribution in [2.75, 3.05) is 18.0 Å². The van der Waals surface area contributed by atoms with Gasteiger partial charge in [0.1, 0.15) is 0 Å². The fourth-order valence-electron chi connectivity index (χ4n) is 3.26. The predicted octanol–water partition coefficient (Wildman–Crippen LogP) is 5.79. The van der Waals surface area contributed by atoms with E-state index in [-0.39, 0.29) is 16.8 Å². The average molecular weight is 379 g/mol. The minimum atomic E-state index is -4.46. The van der Waals surface area contributed by atoms with Crippen LogP contribution in [-0.2, 0) is 6.18 Å². The lowest BCUT2D eigenvalue weighted by molar-refractivity contribution is -0.136. The highest BCUT2D eigenvalue weighted by atomic mass is 35.5. The largest absolute Gasteiger partial charge is 0.417 e. The van der Waals surface area contributed by atoms with Crippen molar-refractivity contribution in [3.05, 3.63) is 64.7 Å². The second-order valence-electron chi connectivity index (χ2n) is 6.09. The van der Waals surface area contributed by atoms with Gasteiger partial charge in [0.2, 0.25) is 0 Å². The summed E-state index contributed by atoms with van der Waals surface area (Å²) in [5.74, 6) is 0.224. The Bertz CT molecular complexity index is 994. The highest BCUT2D eigenvalue weighted by Crippen LogP contribution is 2.40. The molecule has 3 aromatic rings. The van der Waals surface area contributed by atoms with Crippen LogP contribution in [0.4, 0.5) is 19.0 Å². The number of anilines is 1. The maximum atomic E-state index is 13.4. The summed E-state index contributed by atoms with van der Waals surface area (Å²) in [6, 6.07) is 11.4. The van der Waals surface area contributed by atoms with Crippen LogP contribution in [0, 0.1) is 0 Å². The molecule has 2 aromatic carbocycles. The van der Waals surface area contributed by atoms with Crippen LogP contribution in [-0.4, -0.2) is 18.2 Å². The lowest BCUT2D eigenvalue weighted by Gasteiger charge is -2.27. The Morgan fingerprint density at radius 2 is 1.88 bits per heavy atom. The van der Waals surface area contributed by atoms with Crippen LogP contribution in [0.5, 0.6) is 0 Å². The maximum absolute atomic E-state index is 13.4. The van der Waals surface area contributed by atoms with E-state index in [4.69, 9.17) is 16.1 Å². The van der Waals surface area contributed by atoms with Gasteiger partial charge in [-0.05, 0) is 35.8 Å². The molecule has 1 aliphatic rings. The van der Waals surface area contributed by atoms with E-state index in [9.17, 15) is 13.2 Å². The summed E-state index contributed by atoms with van der Waals surface area (Å²) in [6.45, 7) is 0.971. The van der Waals surface area contributed by atoms with E-state index in [0.29, 0.717) is 24.5 Å². The molecule has 0 amide bonds. The smallest absolute Gasteiger partial charge is 0.354 e.